The number of rotatable bonds is 6. The van der Waals surface area contributed by atoms with Crippen molar-refractivity contribution in [3.05, 3.63) is 48.4 Å². The fourth-order valence-corrected chi connectivity index (χ4v) is 2.49. The molecule has 0 spiro atoms. The summed E-state index contributed by atoms with van der Waals surface area (Å²) in [5.41, 5.74) is 2.71. The maximum atomic E-state index is 12.0. The van der Waals surface area contributed by atoms with Gasteiger partial charge in [-0.1, -0.05) is 12.1 Å². The Morgan fingerprint density at radius 2 is 2.04 bits per heavy atom. The molecule has 0 unspecified atom stereocenters. The van der Waals surface area contributed by atoms with Gasteiger partial charge in [-0.05, 0) is 30.7 Å². The third kappa shape index (κ3) is 3.90. The summed E-state index contributed by atoms with van der Waals surface area (Å²) in [6.45, 7) is 0. The minimum Gasteiger partial charge on any atom is -0.363 e. The molecule has 6 heteroatoms. The monoisotopic (exact) mass is 323 g/mol. The van der Waals surface area contributed by atoms with Crippen molar-refractivity contribution >= 4 is 28.4 Å². The van der Waals surface area contributed by atoms with E-state index in [4.69, 9.17) is 0 Å². The van der Waals surface area contributed by atoms with Crippen LogP contribution in [0.1, 0.15) is 18.7 Å². The van der Waals surface area contributed by atoms with E-state index in [0.717, 1.165) is 35.5 Å². The van der Waals surface area contributed by atoms with Crippen molar-refractivity contribution < 1.29 is 4.79 Å². The van der Waals surface area contributed by atoms with Crippen LogP contribution in [0.4, 0.5) is 11.5 Å². The second kappa shape index (κ2) is 7.12. The van der Waals surface area contributed by atoms with Crippen molar-refractivity contribution in [2.24, 2.45) is 0 Å². The average molecular weight is 323 g/mol. The Morgan fingerprint density at radius 3 is 2.75 bits per heavy atom. The number of para-hydroxylation sites is 2. The zero-order chi connectivity index (χ0) is 16.9. The van der Waals surface area contributed by atoms with Crippen molar-refractivity contribution in [3.8, 4) is 0 Å². The van der Waals surface area contributed by atoms with Crippen LogP contribution in [-0.4, -0.2) is 35.0 Å². The number of carbonyl (C=O) groups is 1. The van der Waals surface area contributed by atoms with Crippen molar-refractivity contribution in [1.82, 2.24) is 15.0 Å². The number of aryl methyl sites for hydroxylation is 1. The second-order valence-corrected chi connectivity index (χ2v) is 5.90. The summed E-state index contributed by atoms with van der Waals surface area (Å²) in [5, 5.41) is 2.87. The molecular weight excluding hydrogens is 302 g/mol. The molecule has 1 amide bonds. The Kier molecular flexibility index (Phi) is 4.74. The fraction of sp³-hybridized carbons (Fsp3) is 0.278. The smallest absolute Gasteiger partial charge is 0.224 e. The lowest BCUT2D eigenvalue weighted by atomic mass is 10.2. The van der Waals surface area contributed by atoms with Crippen LogP contribution >= 0.6 is 0 Å². The number of anilines is 2. The summed E-state index contributed by atoms with van der Waals surface area (Å²) < 4.78 is 0. The fourth-order valence-electron chi connectivity index (χ4n) is 2.49. The van der Waals surface area contributed by atoms with Crippen LogP contribution < -0.4 is 10.2 Å². The van der Waals surface area contributed by atoms with Crippen LogP contribution in [0.2, 0.25) is 0 Å². The number of hydrogen-bond donors (Lipinski definition) is 2. The van der Waals surface area contributed by atoms with Gasteiger partial charge >= 0.3 is 0 Å². The molecule has 3 rings (SSSR count). The highest BCUT2D eigenvalue weighted by Gasteiger charge is 2.06. The predicted molar refractivity (Wildman–Crippen MR) is 96.2 cm³/mol. The number of aromatic nitrogens is 3. The van der Waals surface area contributed by atoms with Gasteiger partial charge in [0.2, 0.25) is 5.91 Å². The number of nitrogens with one attached hydrogen (secondary N) is 2. The molecule has 0 fully saturated rings. The van der Waals surface area contributed by atoms with Gasteiger partial charge in [-0.25, -0.2) is 9.97 Å². The number of H-pyrrole nitrogens is 1. The molecule has 0 saturated carbocycles. The number of benzene rings is 1. The number of pyridine rings is 1. The maximum absolute atomic E-state index is 12.0. The third-order valence-electron chi connectivity index (χ3n) is 3.75. The summed E-state index contributed by atoms with van der Waals surface area (Å²) in [5.74, 6) is 1.77. The normalized spacial score (nSPS) is 10.8. The van der Waals surface area contributed by atoms with Gasteiger partial charge < -0.3 is 15.2 Å². The molecule has 2 aromatic heterocycles. The lowest BCUT2D eigenvalue weighted by Gasteiger charge is -2.11. The first kappa shape index (κ1) is 16.0. The quantitative estimate of drug-likeness (QED) is 0.731. The van der Waals surface area contributed by atoms with Crippen LogP contribution in [-0.2, 0) is 11.2 Å². The first-order chi connectivity index (χ1) is 11.6. The van der Waals surface area contributed by atoms with Crippen molar-refractivity contribution in [2.75, 3.05) is 24.3 Å². The molecule has 3 aromatic rings. The molecule has 0 saturated heterocycles. The second-order valence-electron chi connectivity index (χ2n) is 5.90. The molecule has 2 heterocycles. The summed E-state index contributed by atoms with van der Waals surface area (Å²) in [4.78, 5) is 26.0. The summed E-state index contributed by atoms with van der Waals surface area (Å²) in [6, 6.07) is 11.7. The summed E-state index contributed by atoms with van der Waals surface area (Å²) >= 11 is 0. The van der Waals surface area contributed by atoms with Crippen LogP contribution in [0, 0.1) is 0 Å². The third-order valence-corrected chi connectivity index (χ3v) is 3.75. The molecule has 124 valence electrons. The van der Waals surface area contributed by atoms with Crippen LogP contribution in [0.25, 0.3) is 11.0 Å². The van der Waals surface area contributed by atoms with Gasteiger partial charge in [0.1, 0.15) is 11.6 Å². The predicted octanol–water partition coefficient (Wildman–Crippen LogP) is 2.99. The number of aromatic amines is 1. The van der Waals surface area contributed by atoms with E-state index >= 15 is 0 Å². The highest BCUT2D eigenvalue weighted by Crippen LogP contribution is 2.14. The standard InChI is InChI=1S/C18H21N5O/c1-23(2)17-11-10-13(12-19-17)20-18(24)9-5-8-16-21-14-6-3-4-7-15(14)22-16/h3-4,6-7,10-12H,5,8-9H2,1-2H3,(H,20,24)(H,21,22). The van der Waals surface area contributed by atoms with Gasteiger partial charge in [0.25, 0.3) is 0 Å². The summed E-state index contributed by atoms with van der Waals surface area (Å²) in [7, 11) is 3.86. The van der Waals surface area contributed by atoms with E-state index in [1.807, 2.05) is 55.4 Å². The Morgan fingerprint density at radius 1 is 1.21 bits per heavy atom. The van der Waals surface area contributed by atoms with E-state index in [1.54, 1.807) is 6.20 Å². The lowest BCUT2D eigenvalue weighted by Crippen LogP contribution is -2.13. The zero-order valence-corrected chi connectivity index (χ0v) is 13.9. The SMILES string of the molecule is CN(C)c1ccc(NC(=O)CCCc2nc3ccccc3[nH]2)cn1. The van der Waals surface area contributed by atoms with E-state index in [2.05, 4.69) is 20.3 Å². The van der Waals surface area contributed by atoms with E-state index < -0.39 is 0 Å². The number of imidazole rings is 1. The van der Waals surface area contributed by atoms with Crippen molar-refractivity contribution in [1.29, 1.82) is 0 Å². The Hall–Kier alpha value is -2.89. The number of carbonyl (C=O) groups excluding carboxylic acids is 1. The molecule has 0 radical (unpaired) electrons. The van der Waals surface area contributed by atoms with Crippen molar-refractivity contribution in [3.63, 3.8) is 0 Å². The molecule has 0 aliphatic heterocycles. The molecule has 1 aromatic carbocycles. The molecule has 24 heavy (non-hydrogen) atoms. The summed E-state index contributed by atoms with van der Waals surface area (Å²) in [6.07, 6.45) is 3.62. The van der Waals surface area contributed by atoms with Gasteiger partial charge in [0.05, 0.1) is 22.9 Å². The lowest BCUT2D eigenvalue weighted by molar-refractivity contribution is -0.116. The molecule has 0 aliphatic rings. The van der Waals surface area contributed by atoms with E-state index in [9.17, 15) is 4.79 Å². The van der Waals surface area contributed by atoms with E-state index in [0.29, 0.717) is 12.1 Å². The van der Waals surface area contributed by atoms with Gasteiger partial charge in [-0.15, -0.1) is 0 Å². The van der Waals surface area contributed by atoms with E-state index in [-0.39, 0.29) is 5.91 Å². The number of fused-ring (bicyclic) bond motifs is 1. The molecule has 0 atom stereocenters. The van der Waals surface area contributed by atoms with Crippen molar-refractivity contribution in [2.45, 2.75) is 19.3 Å². The van der Waals surface area contributed by atoms with Gasteiger partial charge in [0, 0.05) is 26.9 Å². The van der Waals surface area contributed by atoms with Gasteiger partial charge in [0.15, 0.2) is 0 Å². The molecule has 0 aliphatic carbocycles. The van der Waals surface area contributed by atoms with E-state index in [1.165, 1.54) is 0 Å². The van der Waals surface area contributed by atoms with Crippen LogP contribution in [0.3, 0.4) is 0 Å². The minimum absolute atomic E-state index is 0.00878. The number of hydrogen-bond acceptors (Lipinski definition) is 4. The Bertz CT molecular complexity index is 790. The zero-order valence-electron chi connectivity index (χ0n) is 13.9. The first-order valence-electron chi connectivity index (χ1n) is 7.98. The first-order valence-corrected chi connectivity index (χ1v) is 7.98. The topological polar surface area (TPSA) is 73.9 Å². The highest BCUT2D eigenvalue weighted by atomic mass is 16.1. The van der Waals surface area contributed by atoms with Gasteiger partial charge in [-0.3, -0.25) is 4.79 Å². The van der Waals surface area contributed by atoms with Crippen LogP contribution in [0.15, 0.2) is 42.6 Å². The number of amides is 1. The highest BCUT2D eigenvalue weighted by molar-refractivity contribution is 5.90. The van der Waals surface area contributed by atoms with Gasteiger partial charge in [-0.2, -0.15) is 0 Å². The largest absolute Gasteiger partial charge is 0.363 e. The molecule has 0 bridgehead atoms. The number of nitrogens with zero attached hydrogens (tertiary/aromatic N) is 3. The molecule has 6 nitrogen and oxygen atoms in total. The maximum Gasteiger partial charge on any atom is 0.224 e. The Balaban J connectivity index is 1.48. The van der Waals surface area contributed by atoms with Crippen LogP contribution in [0.5, 0.6) is 0 Å². The molecule has 2 N–H and O–H groups in total. The Labute approximate surface area is 140 Å². The minimum atomic E-state index is -0.00878. The molecular formula is C18H21N5O. The average Bonchev–Trinajstić information content (AvgIpc) is 2.98.